The maximum Gasteiger partial charge on any atom is 0.306 e. The fourth-order valence-electron chi connectivity index (χ4n) is 1.66. The number of carbonyl (C=O) groups is 1. The molecule has 0 aliphatic carbocycles. The number of nitrogens with zero attached hydrogens (tertiary/aromatic N) is 1. The van der Waals surface area contributed by atoms with Gasteiger partial charge >= 0.3 is 5.97 Å². The van der Waals surface area contributed by atoms with Gasteiger partial charge < -0.3 is 10.0 Å². The second-order valence-electron chi connectivity index (χ2n) is 3.74. The number of hydrogen-bond donors (Lipinski definition) is 1. The lowest BCUT2D eigenvalue weighted by Gasteiger charge is -2.32. The molecule has 0 amide bonds. The van der Waals surface area contributed by atoms with Gasteiger partial charge in [-0.1, -0.05) is 13.8 Å². The maximum absolute atomic E-state index is 10.6. The summed E-state index contributed by atoms with van der Waals surface area (Å²) in [6.45, 7) is 10.2. The average molecular weight is 201 g/mol. The van der Waals surface area contributed by atoms with Gasteiger partial charge in [0.05, 0.1) is 5.92 Å². The van der Waals surface area contributed by atoms with E-state index in [-0.39, 0.29) is 5.92 Å². The van der Waals surface area contributed by atoms with Crippen LogP contribution in [0.5, 0.6) is 0 Å². The van der Waals surface area contributed by atoms with Gasteiger partial charge in [0.15, 0.2) is 0 Å². The van der Waals surface area contributed by atoms with Crippen LogP contribution in [0.1, 0.15) is 40.5 Å². The molecule has 3 heteroatoms. The molecule has 0 atom stereocenters. The molecule has 0 spiro atoms. The molecule has 0 aromatic heterocycles. The van der Waals surface area contributed by atoms with E-state index in [0.29, 0.717) is 6.04 Å². The van der Waals surface area contributed by atoms with E-state index in [0.717, 1.165) is 25.9 Å². The quantitative estimate of drug-likeness (QED) is 0.744. The summed E-state index contributed by atoms with van der Waals surface area (Å²) in [7, 11) is 0. The Hall–Kier alpha value is -0.570. The molecule has 3 nitrogen and oxygen atoms in total. The van der Waals surface area contributed by atoms with Crippen molar-refractivity contribution in [2.45, 2.75) is 46.6 Å². The minimum atomic E-state index is -0.626. The first-order chi connectivity index (χ1) is 6.61. The monoisotopic (exact) mass is 201 g/mol. The largest absolute Gasteiger partial charge is 0.481 e. The normalized spacial score (nSPS) is 18.9. The number of rotatable bonds is 2. The van der Waals surface area contributed by atoms with Crippen LogP contribution in [0.25, 0.3) is 0 Å². The molecule has 1 rings (SSSR count). The van der Waals surface area contributed by atoms with Gasteiger partial charge in [0.2, 0.25) is 0 Å². The van der Waals surface area contributed by atoms with Crippen LogP contribution in [0.3, 0.4) is 0 Å². The molecule has 1 aliphatic heterocycles. The Morgan fingerprint density at radius 2 is 1.71 bits per heavy atom. The summed E-state index contributed by atoms with van der Waals surface area (Å²) in [6.07, 6.45) is 1.63. The van der Waals surface area contributed by atoms with Crippen molar-refractivity contribution in [1.82, 2.24) is 4.90 Å². The van der Waals surface area contributed by atoms with Crippen molar-refractivity contribution in [2.75, 3.05) is 13.1 Å². The van der Waals surface area contributed by atoms with Crippen molar-refractivity contribution in [2.24, 2.45) is 5.92 Å². The second-order valence-corrected chi connectivity index (χ2v) is 3.74. The zero-order chi connectivity index (χ0) is 11.1. The molecular formula is C11H23NO2. The summed E-state index contributed by atoms with van der Waals surface area (Å²) < 4.78 is 0. The van der Waals surface area contributed by atoms with Crippen LogP contribution in [0.2, 0.25) is 0 Å². The van der Waals surface area contributed by atoms with Crippen molar-refractivity contribution < 1.29 is 9.90 Å². The lowest BCUT2D eigenvalue weighted by Crippen LogP contribution is -2.40. The molecule has 14 heavy (non-hydrogen) atoms. The molecule has 1 aliphatic rings. The van der Waals surface area contributed by atoms with E-state index in [9.17, 15) is 4.79 Å². The van der Waals surface area contributed by atoms with E-state index in [1.807, 2.05) is 13.8 Å². The Balaban J connectivity index is 0.000000791. The van der Waals surface area contributed by atoms with E-state index >= 15 is 0 Å². The van der Waals surface area contributed by atoms with Gasteiger partial charge in [0.1, 0.15) is 0 Å². The zero-order valence-electron chi connectivity index (χ0n) is 9.79. The highest BCUT2D eigenvalue weighted by Crippen LogP contribution is 2.18. The third-order valence-electron chi connectivity index (χ3n) is 2.61. The molecule has 1 fully saturated rings. The minimum absolute atomic E-state index is 0.0972. The summed E-state index contributed by atoms with van der Waals surface area (Å²) in [6, 6.07) is 0.555. The molecule has 0 unspecified atom stereocenters. The number of carboxylic acid groups (broad SMARTS) is 1. The van der Waals surface area contributed by atoms with Gasteiger partial charge in [-0.2, -0.15) is 0 Å². The SMILES string of the molecule is CC.CC(C)N1CCC(C(=O)O)CC1. The lowest BCUT2D eigenvalue weighted by molar-refractivity contribution is -0.143. The molecule has 0 saturated carbocycles. The summed E-state index contributed by atoms with van der Waals surface area (Å²) in [5, 5.41) is 8.74. The van der Waals surface area contributed by atoms with E-state index in [1.54, 1.807) is 0 Å². The highest BCUT2D eigenvalue weighted by atomic mass is 16.4. The smallest absolute Gasteiger partial charge is 0.306 e. The third kappa shape index (κ3) is 4.09. The highest BCUT2D eigenvalue weighted by Gasteiger charge is 2.25. The van der Waals surface area contributed by atoms with Crippen LogP contribution in [-0.4, -0.2) is 35.1 Å². The summed E-state index contributed by atoms with van der Waals surface area (Å²) >= 11 is 0. The molecule has 1 heterocycles. The van der Waals surface area contributed by atoms with E-state index in [4.69, 9.17) is 5.11 Å². The van der Waals surface area contributed by atoms with Crippen molar-refractivity contribution in [3.05, 3.63) is 0 Å². The summed E-state index contributed by atoms with van der Waals surface area (Å²) in [5.74, 6) is -0.724. The molecule has 0 aromatic carbocycles. The van der Waals surface area contributed by atoms with E-state index in [2.05, 4.69) is 18.7 Å². The summed E-state index contributed by atoms with van der Waals surface area (Å²) in [4.78, 5) is 12.9. The maximum atomic E-state index is 10.6. The number of carboxylic acids is 1. The van der Waals surface area contributed by atoms with Gasteiger partial charge in [-0.05, 0) is 39.8 Å². The lowest BCUT2D eigenvalue weighted by atomic mass is 9.96. The fraction of sp³-hybridized carbons (Fsp3) is 0.909. The molecule has 1 N–H and O–H groups in total. The van der Waals surface area contributed by atoms with Gasteiger partial charge in [-0.3, -0.25) is 4.79 Å². The second kappa shape index (κ2) is 6.82. The Kier molecular flexibility index (Phi) is 6.54. The predicted molar refractivity (Wildman–Crippen MR) is 58.4 cm³/mol. The third-order valence-corrected chi connectivity index (χ3v) is 2.61. The molecule has 0 bridgehead atoms. The number of likely N-dealkylation sites (tertiary alicyclic amines) is 1. The number of aliphatic carboxylic acids is 1. The van der Waals surface area contributed by atoms with Crippen LogP contribution in [0.15, 0.2) is 0 Å². The van der Waals surface area contributed by atoms with Crippen LogP contribution >= 0.6 is 0 Å². The molecular weight excluding hydrogens is 178 g/mol. The molecule has 0 radical (unpaired) electrons. The molecule has 0 aromatic rings. The fourth-order valence-corrected chi connectivity index (χ4v) is 1.66. The van der Waals surface area contributed by atoms with E-state index < -0.39 is 5.97 Å². The average Bonchev–Trinajstić information content (AvgIpc) is 2.21. The molecule has 1 saturated heterocycles. The number of piperidine rings is 1. The highest BCUT2D eigenvalue weighted by molar-refractivity contribution is 5.70. The van der Waals surface area contributed by atoms with Crippen molar-refractivity contribution in [3.63, 3.8) is 0 Å². The molecule has 84 valence electrons. The minimum Gasteiger partial charge on any atom is -0.481 e. The van der Waals surface area contributed by atoms with Crippen LogP contribution in [0, 0.1) is 5.92 Å². The van der Waals surface area contributed by atoms with Gasteiger partial charge in [0.25, 0.3) is 0 Å². The van der Waals surface area contributed by atoms with Gasteiger partial charge in [-0.25, -0.2) is 0 Å². The Bertz CT molecular complexity index is 161. The van der Waals surface area contributed by atoms with Crippen LogP contribution in [-0.2, 0) is 4.79 Å². The van der Waals surface area contributed by atoms with Crippen LogP contribution < -0.4 is 0 Å². The Morgan fingerprint density at radius 1 is 1.29 bits per heavy atom. The van der Waals surface area contributed by atoms with Crippen LogP contribution in [0.4, 0.5) is 0 Å². The topological polar surface area (TPSA) is 40.5 Å². The number of hydrogen-bond acceptors (Lipinski definition) is 2. The van der Waals surface area contributed by atoms with Crippen molar-refractivity contribution in [3.8, 4) is 0 Å². The van der Waals surface area contributed by atoms with E-state index in [1.165, 1.54) is 0 Å². The Morgan fingerprint density at radius 3 is 2.00 bits per heavy atom. The first kappa shape index (κ1) is 13.4. The van der Waals surface area contributed by atoms with Crippen molar-refractivity contribution >= 4 is 5.97 Å². The zero-order valence-corrected chi connectivity index (χ0v) is 9.79. The van der Waals surface area contributed by atoms with Gasteiger partial charge in [-0.15, -0.1) is 0 Å². The summed E-state index contributed by atoms with van der Waals surface area (Å²) in [5.41, 5.74) is 0. The Labute approximate surface area is 87.1 Å². The van der Waals surface area contributed by atoms with Crippen molar-refractivity contribution in [1.29, 1.82) is 0 Å². The predicted octanol–water partition coefficient (Wildman–Crippen LogP) is 2.22. The van der Waals surface area contributed by atoms with Gasteiger partial charge in [0, 0.05) is 6.04 Å². The first-order valence-corrected chi connectivity index (χ1v) is 5.58. The standard InChI is InChI=1S/C9H17NO2.C2H6/c1-7(2)10-5-3-8(4-6-10)9(11)12;1-2/h7-8H,3-6H2,1-2H3,(H,11,12);1-2H3. The first-order valence-electron chi connectivity index (χ1n) is 5.58.